The smallest absolute Gasteiger partial charge is 0.277 e. The third-order valence-electron chi connectivity index (χ3n) is 4.13. The van der Waals surface area contributed by atoms with E-state index in [4.69, 9.17) is 19.9 Å². The molecule has 0 aliphatic rings. The van der Waals surface area contributed by atoms with Gasteiger partial charge in [0, 0.05) is 12.2 Å². The largest absolute Gasteiger partial charge is 0.396 e. The Balaban J connectivity index is 2.38. The van der Waals surface area contributed by atoms with Gasteiger partial charge in [0.15, 0.2) is 11.6 Å². The molecule has 2 aromatic carbocycles. The molecule has 0 unspecified atom stereocenters. The number of carbonyl (C=O) groups excluding carboxylic acids is 1. The molecule has 2 aromatic rings. The number of aryl methyl sites for hydroxylation is 1. The summed E-state index contributed by atoms with van der Waals surface area (Å²) in [4.78, 5) is 22.2. The number of nitrogens with one attached hydrogen (secondary N) is 2. The number of hydroxylamine groups is 1. The standard InChI is InChI=1S/C21H24F3N3O5/c1-13-4-5-17(16(22)10-13)26-20-15(21(30)27-32-9-7-29)11-14(18(23)19(20)24)12-25-31-8-3-2-6-28/h4-5,10-12,26,28-29H,2-3,6-9H2,1H3,(H,27,30)/b25-12+. The Morgan fingerprint density at radius 2 is 1.88 bits per heavy atom. The molecule has 0 saturated heterocycles. The van der Waals surface area contributed by atoms with Gasteiger partial charge in [-0.1, -0.05) is 11.2 Å². The molecule has 11 heteroatoms. The number of unbranched alkanes of at least 4 members (excludes halogenated alkanes) is 1. The molecule has 174 valence electrons. The average molecular weight is 455 g/mol. The van der Waals surface area contributed by atoms with E-state index in [1.54, 1.807) is 13.0 Å². The van der Waals surface area contributed by atoms with E-state index < -0.39 is 40.2 Å². The lowest BCUT2D eigenvalue weighted by atomic mass is 10.1. The highest BCUT2D eigenvalue weighted by atomic mass is 19.2. The molecule has 0 atom stereocenters. The van der Waals surface area contributed by atoms with Gasteiger partial charge in [0.25, 0.3) is 5.91 Å². The molecule has 0 spiro atoms. The van der Waals surface area contributed by atoms with Crippen LogP contribution in [-0.2, 0) is 9.68 Å². The fourth-order valence-corrected chi connectivity index (χ4v) is 2.54. The zero-order valence-electron chi connectivity index (χ0n) is 17.3. The second-order valence-electron chi connectivity index (χ2n) is 6.63. The molecule has 0 fully saturated rings. The zero-order valence-corrected chi connectivity index (χ0v) is 17.3. The van der Waals surface area contributed by atoms with Crippen molar-refractivity contribution in [1.82, 2.24) is 5.48 Å². The van der Waals surface area contributed by atoms with Gasteiger partial charge < -0.3 is 20.4 Å². The van der Waals surface area contributed by atoms with Crippen molar-refractivity contribution in [1.29, 1.82) is 0 Å². The number of hydrogen-bond donors (Lipinski definition) is 4. The molecule has 0 saturated carbocycles. The van der Waals surface area contributed by atoms with Gasteiger partial charge in [0.05, 0.1) is 36.4 Å². The summed E-state index contributed by atoms with van der Waals surface area (Å²) in [6.45, 7) is 1.17. The summed E-state index contributed by atoms with van der Waals surface area (Å²) in [5.41, 5.74) is 1.02. The number of aliphatic hydroxyl groups excluding tert-OH is 2. The predicted octanol–water partition coefficient (Wildman–Crippen LogP) is 2.93. The number of hydrogen-bond acceptors (Lipinski definition) is 7. The maximum Gasteiger partial charge on any atom is 0.277 e. The summed E-state index contributed by atoms with van der Waals surface area (Å²) in [7, 11) is 0. The number of aliphatic hydroxyl groups is 2. The van der Waals surface area contributed by atoms with Crippen LogP contribution < -0.4 is 10.8 Å². The topological polar surface area (TPSA) is 112 Å². The zero-order chi connectivity index (χ0) is 23.5. The molecule has 0 bridgehead atoms. The van der Waals surface area contributed by atoms with Crippen LogP contribution in [0.5, 0.6) is 0 Å². The summed E-state index contributed by atoms with van der Waals surface area (Å²) >= 11 is 0. The van der Waals surface area contributed by atoms with E-state index in [1.807, 2.05) is 5.48 Å². The van der Waals surface area contributed by atoms with Gasteiger partial charge >= 0.3 is 0 Å². The van der Waals surface area contributed by atoms with E-state index in [0.29, 0.717) is 18.4 Å². The van der Waals surface area contributed by atoms with Crippen LogP contribution in [0, 0.1) is 24.4 Å². The Morgan fingerprint density at radius 3 is 2.56 bits per heavy atom. The molecule has 0 aliphatic carbocycles. The quantitative estimate of drug-likeness (QED) is 0.222. The molecule has 8 nitrogen and oxygen atoms in total. The molecular weight excluding hydrogens is 431 g/mol. The first-order chi connectivity index (χ1) is 15.4. The van der Waals surface area contributed by atoms with Crippen LogP contribution >= 0.6 is 0 Å². The predicted molar refractivity (Wildman–Crippen MR) is 111 cm³/mol. The van der Waals surface area contributed by atoms with Crippen LogP contribution in [-0.4, -0.2) is 48.8 Å². The molecule has 0 heterocycles. The number of carbonyl (C=O) groups is 1. The van der Waals surface area contributed by atoms with Gasteiger partial charge in [0.2, 0.25) is 0 Å². The van der Waals surface area contributed by atoms with Crippen LogP contribution in [0.2, 0.25) is 0 Å². The summed E-state index contributed by atoms with van der Waals surface area (Å²) < 4.78 is 43.8. The first-order valence-corrected chi connectivity index (χ1v) is 9.73. The monoisotopic (exact) mass is 455 g/mol. The summed E-state index contributed by atoms with van der Waals surface area (Å²) in [6, 6.07) is 5.06. The minimum absolute atomic E-state index is 0.0141. The van der Waals surface area contributed by atoms with E-state index in [9.17, 15) is 18.0 Å². The maximum absolute atomic E-state index is 14.9. The van der Waals surface area contributed by atoms with Crippen LogP contribution in [0.15, 0.2) is 29.4 Å². The Kier molecular flexibility index (Phi) is 9.92. The molecule has 4 N–H and O–H groups in total. The molecule has 0 radical (unpaired) electrons. The van der Waals surface area contributed by atoms with Crippen molar-refractivity contribution < 1.29 is 37.9 Å². The molecule has 1 amide bonds. The third kappa shape index (κ3) is 6.94. The third-order valence-corrected chi connectivity index (χ3v) is 4.13. The summed E-state index contributed by atoms with van der Waals surface area (Å²) in [6.07, 6.45) is 1.89. The van der Waals surface area contributed by atoms with E-state index in [2.05, 4.69) is 10.5 Å². The summed E-state index contributed by atoms with van der Waals surface area (Å²) in [5, 5.41) is 23.4. The minimum Gasteiger partial charge on any atom is -0.396 e. The van der Waals surface area contributed by atoms with Crippen LogP contribution in [0.4, 0.5) is 24.5 Å². The number of nitrogens with zero attached hydrogens (tertiary/aromatic N) is 1. The first kappa shape index (κ1) is 25.1. The second-order valence-corrected chi connectivity index (χ2v) is 6.63. The Morgan fingerprint density at radius 1 is 1.09 bits per heavy atom. The highest BCUT2D eigenvalue weighted by molar-refractivity contribution is 6.01. The second kappa shape index (κ2) is 12.6. The fourth-order valence-electron chi connectivity index (χ4n) is 2.54. The molecule has 32 heavy (non-hydrogen) atoms. The van der Waals surface area contributed by atoms with Crippen molar-refractivity contribution >= 4 is 23.5 Å². The Hall–Kier alpha value is -3.15. The van der Waals surface area contributed by atoms with E-state index in [-0.39, 0.29) is 32.1 Å². The average Bonchev–Trinajstić information content (AvgIpc) is 2.76. The molecule has 0 aromatic heterocycles. The minimum atomic E-state index is -1.44. The van der Waals surface area contributed by atoms with E-state index >= 15 is 0 Å². The lowest BCUT2D eigenvalue weighted by molar-refractivity contribution is 0.0168. The van der Waals surface area contributed by atoms with Gasteiger partial charge in [-0.3, -0.25) is 9.63 Å². The number of benzene rings is 2. The number of rotatable bonds is 12. The normalized spacial score (nSPS) is 11.1. The van der Waals surface area contributed by atoms with Crippen molar-refractivity contribution in [3.8, 4) is 0 Å². The van der Waals surface area contributed by atoms with Crippen LogP contribution in [0.3, 0.4) is 0 Å². The van der Waals surface area contributed by atoms with Crippen molar-refractivity contribution in [2.75, 3.05) is 31.7 Å². The van der Waals surface area contributed by atoms with Crippen molar-refractivity contribution in [3.63, 3.8) is 0 Å². The number of oxime groups is 1. The molecule has 0 aliphatic heterocycles. The first-order valence-electron chi connectivity index (χ1n) is 9.73. The van der Waals surface area contributed by atoms with Crippen molar-refractivity contribution in [2.24, 2.45) is 5.16 Å². The maximum atomic E-state index is 14.9. The van der Waals surface area contributed by atoms with Crippen LogP contribution in [0.25, 0.3) is 0 Å². The lowest BCUT2D eigenvalue weighted by Gasteiger charge is -2.15. The SMILES string of the molecule is Cc1ccc(Nc2c(C(=O)NOCCO)cc(/C=N/OCCCCO)c(F)c2F)c(F)c1. The lowest BCUT2D eigenvalue weighted by Crippen LogP contribution is -2.26. The van der Waals surface area contributed by atoms with E-state index in [0.717, 1.165) is 12.3 Å². The number of halogens is 3. The summed E-state index contributed by atoms with van der Waals surface area (Å²) in [5.74, 6) is -4.47. The van der Waals surface area contributed by atoms with Gasteiger partial charge in [-0.2, -0.15) is 0 Å². The van der Waals surface area contributed by atoms with Crippen molar-refractivity contribution in [2.45, 2.75) is 19.8 Å². The van der Waals surface area contributed by atoms with Crippen LogP contribution in [0.1, 0.15) is 34.3 Å². The highest BCUT2D eigenvalue weighted by Gasteiger charge is 2.23. The Labute approximate surface area is 182 Å². The van der Waals surface area contributed by atoms with Gasteiger partial charge in [-0.05, 0) is 43.5 Å². The van der Waals surface area contributed by atoms with Gasteiger partial charge in [-0.25, -0.2) is 18.7 Å². The number of anilines is 2. The van der Waals surface area contributed by atoms with E-state index in [1.165, 1.54) is 12.1 Å². The van der Waals surface area contributed by atoms with Gasteiger partial charge in [-0.15, -0.1) is 0 Å². The fraction of sp³-hybridized carbons (Fsp3) is 0.333. The Bertz CT molecular complexity index is 957. The van der Waals surface area contributed by atoms with Crippen molar-refractivity contribution in [3.05, 3.63) is 58.4 Å². The molecule has 2 rings (SSSR count). The number of amides is 1. The molecular formula is C21H24F3N3O5. The highest BCUT2D eigenvalue weighted by Crippen LogP contribution is 2.30. The van der Waals surface area contributed by atoms with Gasteiger partial charge in [0.1, 0.15) is 12.4 Å².